The van der Waals surface area contributed by atoms with Crippen LogP contribution >= 0.6 is 0 Å². The Morgan fingerprint density at radius 2 is 1.85 bits per heavy atom. The van der Waals surface area contributed by atoms with Crippen LogP contribution in [0.5, 0.6) is 0 Å². The number of aromatic nitrogens is 3. The van der Waals surface area contributed by atoms with Crippen LogP contribution in [-0.2, 0) is 10.0 Å². The molecule has 6 nitrogen and oxygen atoms in total. The molecule has 0 radical (unpaired) electrons. The fourth-order valence-corrected chi connectivity index (χ4v) is 4.91. The average molecular weight is 370 g/mol. The number of piperidine rings is 1. The van der Waals surface area contributed by atoms with E-state index >= 15 is 0 Å². The van der Waals surface area contributed by atoms with E-state index in [0.717, 1.165) is 35.4 Å². The summed E-state index contributed by atoms with van der Waals surface area (Å²) in [7, 11) is -3.41. The molecule has 136 valence electrons. The molecule has 0 aliphatic carbocycles. The fraction of sp³-hybridized carbons (Fsp3) is 0.316. The van der Waals surface area contributed by atoms with E-state index in [0.29, 0.717) is 23.9 Å². The number of aryl methyl sites for hydroxylation is 1. The van der Waals surface area contributed by atoms with Crippen LogP contribution in [0.2, 0.25) is 0 Å². The molecule has 0 amide bonds. The van der Waals surface area contributed by atoms with Crippen molar-refractivity contribution in [1.29, 1.82) is 0 Å². The van der Waals surface area contributed by atoms with Crippen LogP contribution in [0, 0.1) is 6.92 Å². The summed E-state index contributed by atoms with van der Waals surface area (Å²) in [5.41, 5.74) is 4.09. The second-order valence-electron chi connectivity index (χ2n) is 6.80. The zero-order valence-corrected chi connectivity index (χ0v) is 15.5. The van der Waals surface area contributed by atoms with Gasteiger partial charge in [-0.05, 0) is 44.0 Å². The minimum atomic E-state index is -3.41. The first-order chi connectivity index (χ1) is 12.5. The van der Waals surface area contributed by atoms with Gasteiger partial charge < -0.3 is 4.98 Å². The van der Waals surface area contributed by atoms with Gasteiger partial charge in [-0.1, -0.05) is 17.7 Å². The molecule has 0 unspecified atom stereocenters. The summed E-state index contributed by atoms with van der Waals surface area (Å²) in [6, 6.07) is 11.1. The number of hydrogen-bond donors (Lipinski definition) is 2. The Kier molecular flexibility index (Phi) is 4.42. The summed E-state index contributed by atoms with van der Waals surface area (Å²) in [5.74, 6) is 0.305. The lowest BCUT2D eigenvalue weighted by molar-refractivity contribution is 0.316. The first-order valence-corrected chi connectivity index (χ1v) is 10.2. The summed E-state index contributed by atoms with van der Waals surface area (Å²) < 4.78 is 27.2. The summed E-state index contributed by atoms with van der Waals surface area (Å²) in [6.07, 6.45) is 5.37. The van der Waals surface area contributed by atoms with Crippen molar-refractivity contribution in [2.45, 2.75) is 30.6 Å². The Bertz CT molecular complexity index is 967. The monoisotopic (exact) mass is 370 g/mol. The Balaban J connectivity index is 1.45. The van der Waals surface area contributed by atoms with Crippen LogP contribution in [0.3, 0.4) is 0 Å². The summed E-state index contributed by atoms with van der Waals surface area (Å²) in [6.45, 7) is 3.01. The maximum Gasteiger partial charge on any atom is 0.243 e. The van der Waals surface area contributed by atoms with Gasteiger partial charge in [-0.2, -0.15) is 9.40 Å². The molecule has 2 aromatic heterocycles. The van der Waals surface area contributed by atoms with Gasteiger partial charge in [0.05, 0.1) is 10.6 Å². The predicted molar refractivity (Wildman–Crippen MR) is 100 cm³/mol. The van der Waals surface area contributed by atoms with E-state index in [1.54, 1.807) is 16.4 Å². The highest BCUT2D eigenvalue weighted by molar-refractivity contribution is 7.89. The van der Waals surface area contributed by atoms with E-state index in [-0.39, 0.29) is 0 Å². The minimum absolute atomic E-state index is 0.305. The van der Waals surface area contributed by atoms with Gasteiger partial charge in [0.1, 0.15) is 0 Å². The zero-order valence-electron chi connectivity index (χ0n) is 14.6. The van der Waals surface area contributed by atoms with Crippen molar-refractivity contribution >= 4 is 10.0 Å². The SMILES string of the molecule is Cc1ccc(S(=O)(=O)N2CCC(c3cc(-c4cc[nH]c4)n[nH]3)CC2)cc1. The Labute approximate surface area is 153 Å². The van der Waals surface area contributed by atoms with E-state index in [9.17, 15) is 8.42 Å². The molecule has 1 aromatic carbocycles. The van der Waals surface area contributed by atoms with Crippen LogP contribution in [0.15, 0.2) is 53.7 Å². The molecule has 0 bridgehead atoms. The lowest BCUT2D eigenvalue weighted by Gasteiger charge is -2.30. The molecule has 1 saturated heterocycles. The molecule has 0 saturated carbocycles. The normalized spacial score (nSPS) is 16.8. The predicted octanol–water partition coefficient (Wildman–Crippen LogP) is 3.28. The highest BCUT2D eigenvalue weighted by Crippen LogP contribution is 2.31. The number of rotatable bonds is 4. The topological polar surface area (TPSA) is 81.8 Å². The van der Waals surface area contributed by atoms with Gasteiger partial charge in [-0.3, -0.25) is 5.10 Å². The quantitative estimate of drug-likeness (QED) is 0.739. The van der Waals surface area contributed by atoms with Crippen LogP contribution in [0.1, 0.15) is 30.0 Å². The van der Waals surface area contributed by atoms with Crippen LogP contribution in [0.25, 0.3) is 11.3 Å². The van der Waals surface area contributed by atoms with E-state index in [1.807, 2.05) is 37.5 Å². The van der Waals surface area contributed by atoms with Crippen molar-refractivity contribution in [1.82, 2.24) is 19.5 Å². The third kappa shape index (κ3) is 3.20. The smallest absolute Gasteiger partial charge is 0.243 e. The fourth-order valence-electron chi connectivity index (χ4n) is 3.44. The molecule has 4 rings (SSSR count). The third-order valence-electron chi connectivity index (χ3n) is 5.04. The number of aromatic amines is 2. The maximum atomic E-state index is 12.8. The largest absolute Gasteiger partial charge is 0.367 e. The first kappa shape index (κ1) is 17.1. The molecule has 2 N–H and O–H groups in total. The summed E-state index contributed by atoms with van der Waals surface area (Å²) in [5, 5.41) is 7.50. The second-order valence-corrected chi connectivity index (χ2v) is 8.74. The molecular weight excluding hydrogens is 348 g/mol. The summed E-state index contributed by atoms with van der Waals surface area (Å²) >= 11 is 0. The minimum Gasteiger partial charge on any atom is -0.367 e. The molecule has 0 atom stereocenters. The van der Waals surface area contributed by atoms with Crippen LogP contribution < -0.4 is 0 Å². The Morgan fingerprint density at radius 1 is 1.12 bits per heavy atom. The number of sulfonamides is 1. The third-order valence-corrected chi connectivity index (χ3v) is 6.96. The lowest BCUT2D eigenvalue weighted by Crippen LogP contribution is -2.37. The molecule has 3 aromatic rings. The number of nitrogens with one attached hydrogen (secondary N) is 2. The highest BCUT2D eigenvalue weighted by atomic mass is 32.2. The molecular formula is C19H22N4O2S. The lowest BCUT2D eigenvalue weighted by atomic mass is 9.94. The van der Waals surface area contributed by atoms with E-state index in [4.69, 9.17) is 0 Å². The average Bonchev–Trinajstić information content (AvgIpc) is 3.34. The number of hydrogen-bond acceptors (Lipinski definition) is 3. The number of H-pyrrole nitrogens is 2. The molecule has 0 spiro atoms. The molecule has 7 heteroatoms. The van der Waals surface area contributed by atoms with Gasteiger partial charge in [0.2, 0.25) is 10.0 Å². The highest BCUT2D eigenvalue weighted by Gasteiger charge is 2.30. The van der Waals surface area contributed by atoms with Crippen LogP contribution in [-0.4, -0.2) is 41.0 Å². The van der Waals surface area contributed by atoms with E-state index in [2.05, 4.69) is 21.2 Å². The van der Waals surface area contributed by atoms with Crippen molar-refractivity contribution < 1.29 is 8.42 Å². The number of nitrogens with zero attached hydrogens (tertiary/aromatic N) is 2. The van der Waals surface area contributed by atoms with Crippen molar-refractivity contribution in [2.24, 2.45) is 0 Å². The molecule has 3 heterocycles. The number of benzene rings is 1. The van der Waals surface area contributed by atoms with Gasteiger partial charge in [0.15, 0.2) is 0 Å². The van der Waals surface area contributed by atoms with Gasteiger partial charge >= 0.3 is 0 Å². The molecule has 1 aliphatic rings. The van der Waals surface area contributed by atoms with Gasteiger partial charge in [-0.25, -0.2) is 8.42 Å². The van der Waals surface area contributed by atoms with Crippen molar-refractivity contribution in [3.8, 4) is 11.3 Å². The molecule has 26 heavy (non-hydrogen) atoms. The molecule has 1 fully saturated rings. The standard InChI is InChI=1S/C19H22N4O2S/c1-14-2-4-17(5-3-14)26(24,25)23-10-7-15(8-11-23)18-12-19(22-21-18)16-6-9-20-13-16/h2-6,9,12-13,15,20H,7-8,10-11H2,1H3,(H,21,22). The van der Waals surface area contributed by atoms with Crippen molar-refractivity contribution in [3.63, 3.8) is 0 Å². The van der Waals surface area contributed by atoms with Crippen molar-refractivity contribution in [2.75, 3.05) is 13.1 Å². The van der Waals surface area contributed by atoms with Gasteiger partial charge in [0, 0.05) is 42.7 Å². The van der Waals surface area contributed by atoms with Crippen LogP contribution in [0.4, 0.5) is 0 Å². The maximum absolute atomic E-state index is 12.8. The van der Waals surface area contributed by atoms with Gasteiger partial charge in [-0.15, -0.1) is 0 Å². The van der Waals surface area contributed by atoms with Gasteiger partial charge in [0.25, 0.3) is 0 Å². The Hall–Kier alpha value is -2.38. The summed E-state index contributed by atoms with van der Waals surface area (Å²) in [4.78, 5) is 3.40. The van der Waals surface area contributed by atoms with E-state index < -0.39 is 10.0 Å². The van der Waals surface area contributed by atoms with Crippen molar-refractivity contribution in [3.05, 3.63) is 60.0 Å². The zero-order chi connectivity index (χ0) is 18.1. The Morgan fingerprint density at radius 3 is 2.50 bits per heavy atom. The first-order valence-electron chi connectivity index (χ1n) is 8.79. The molecule has 1 aliphatic heterocycles. The van der Waals surface area contributed by atoms with E-state index in [1.165, 1.54) is 0 Å². The second kappa shape index (κ2) is 6.74.